The van der Waals surface area contributed by atoms with Gasteiger partial charge in [0, 0.05) is 30.0 Å². The minimum Gasteiger partial charge on any atom is -0.294 e. The van der Waals surface area contributed by atoms with Gasteiger partial charge in [0.15, 0.2) is 5.78 Å². The largest absolute Gasteiger partial charge is 0.294 e. The standard InChI is InChI=1S/C29H25Cl2NO2/c1-17-8-6-13-24(18(17)2)32-25-14-20(19-9-4-3-5-10-19)15-26(33)28(25)22(16-27(32)34)21-11-7-12-23(30)29(21)31/h3-13,20,22H,14-16H2,1-2H3. The maximum Gasteiger partial charge on any atom is 0.232 e. The third kappa shape index (κ3) is 3.87. The molecule has 0 radical (unpaired) electrons. The second kappa shape index (κ2) is 9.05. The minimum absolute atomic E-state index is 0.0152. The summed E-state index contributed by atoms with van der Waals surface area (Å²) in [6.45, 7) is 4.06. The molecule has 1 aliphatic heterocycles. The Hall–Kier alpha value is -2.88. The number of amides is 1. The molecule has 5 heteroatoms. The fourth-order valence-corrected chi connectivity index (χ4v) is 5.75. The zero-order valence-electron chi connectivity index (χ0n) is 19.1. The number of carbonyl (C=O) groups excluding carboxylic acids is 2. The topological polar surface area (TPSA) is 37.4 Å². The van der Waals surface area contributed by atoms with E-state index in [-0.39, 0.29) is 24.0 Å². The van der Waals surface area contributed by atoms with Gasteiger partial charge >= 0.3 is 0 Å². The van der Waals surface area contributed by atoms with Crippen LogP contribution in [0.25, 0.3) is 0 Å². The Morgan fingerprint density at radius 2 is 1.56 bits per heavy atom. The van der Waals surface area contributed by atoms with Crippen LogP contribution in [0.2, 0.25) is 10.0 Å². The highest BCUT2D eigenvalue weighted by Crippen LogP contribution is 2.49. The molecule has 172 valence electrons. The van der Waals surface area contributed by atoms with Crippen LogP contribution in [-0.2, 0) is 9.59 Å². The van der Waals surface area contributed by atoms with E-state index in [9.17, 15) is 9.59 Å². The summed E-state index contributed by atoms with van der Waals surface area (Å²) >= 11 is 12.9. The molecular weight excluding hydrogens is 465 g/mol. The fourth-order valence-electron chi connectivity index (χ4n) is 5.31. The van der Waals surface area contributed by atoms with E-state index in [4.69, 9.17) is 23.2 Å². The lowest BCUT2D eigenvalue weighted by atomic mass is 9.72. The number of Topliss-reactive ketones (excluding diaryl/α,β-unsaturated/α-hetero) is 1. The van der Waals surface area contributed by atoms with E-state index >= 15 is 0 Å². The molecule has 3 nitrogen and oxygen atoms in total. The van der Waals surface area contributed by atoms with Gasteiger partial charge in [-0.15, -0.1) is 0 Å². The minimum atomic E-state index is -0.403. The van der Waals surface area contributed by atoms with Crippen molar-refractivity contribution >= 4 is 40.6 Å². The van der Waals surface area contributed by atoms with Crippen LogP contribution >= 0.6 is 23.2 Å². The van der Waals surface area contributed by atoms with Crippen molar-refractivity contribution in [1.29, 1.82) is 0 Å². The molecule has 5 rings (SSSR count). The van der Waals surface area contributed by atoms with Crippen LogP contribution in [0.1, 0.15) is 53.4 Å². The molecule has 2 atom stereocenters. The first-order chi connectivity index (χ1) is 16.4. The third-order valence-electron chi connectivity index (χ3n) is 7.17. The van der Waals surface area contributed by atoms with Crippen molar-refractivity contribution in [1.82, 2.24) is 0 Å². The summed E-state index contributed by atoms with van der Waals surface area (Å²) < 4.78 is 0. The predicted molar refractivity (Wildman–Crippen MR) is 138 cm³/mol. The van der Waals surface area contributed by atoms with E-state index < -0.39 is 5.92 Å². The number of benzene rings is 3. The van der Waals surface area contributed by atoms with Crippen LogP contribution in [0.4, 0.5) is 5.69 Å². The van der Waals surface area contributed by atoms with Gasteiger partial charge in [-0.1, -0.05) is 77.8 Å². The molecule has 0 saturated heterocycles. The van der Waals surface area contributed by atoms with Gasteiger partial charge in [0.25, 0.3) is 0 Å². The molecular formula is C29H25Cl2NO2. The first-order valence-corrected chi connectivity index (χ1v) is 12.3. The summed E-state index contributed by atoms with van der Waals surface area (Å²) in [6.07, 6.45) is 1.19. The fraction of sp³-hybridized carbons (Fsp3) is 0.241. The number of allylic oxidation sites excluding steroid dienone is 2. The van der Waals surface area contributed by atoms with Crippen molar-refractivity contribution in [2.75, 3.05) is 4.90 Å². The summed E-state index contributed by atoms with van der Waals surface area (Å²) in [5, 5.41) is 0.836. The highest BCUT2D eigenvalue weighted by Gasteiger charge is 2.43. The first kappa shape index (κ1) is 22.9. The smallest absolute Gasteiger partial charge is 0.232 e. The zero-order chi connectivity index (χ0) is 24.0. The average Bonchev–Trinajstić information content (AvgIpc) is 2.83. The van der Waals surface area contributed by atoms with E-state index in [1.807, 2.05) is 62.4 Å². The molecule has 1 heterocycles. The monoisotopic (exact) mass is 489 g/mol. The Morgan fingerprint density at radius 1 is 0.824 bits per heavy atom. The van der Waals surface area contributed by atoms with Crippen LogP contribution in [0.15, 0.2) is 78.0 Å². The lowest BCUT2D eigenvalue weighted by molar-refractivity contribution is -0.120. The average molecular weight is 490 g/mol. The highest BCUT2D eigenvalue weighted by atomic mass is 35.5. The van der Waals surface area contributed by atoms with Crippen molar-refractivity contribution < 1.29 is 9.59 Å². The number of aryl methyl sites for hydroxylation is 1. The summed E-state index contributed by atoms with van der Waals surface area (Å²) in [5.41, 5.74) is 6.31. The second-order valence-electron chi connectivity index (χ2n) is 9.15. The van der Waals surface area contributed by atoms with E-state index in [1.165, 1.54) is 0 Å². The summed E-state index contributed by atoms with van der Waals surface area (Å²) in [5.74, 6) is -0.352. The van der Waals surface area contributed by atoms with E-state index in [0.717, 1.165) is 33.6 Å². The molecule has 3 aromatic rings. The van der Waals surface area contributed by atoms with Crippen LogP contribution in [0.5, 0.6) is 0 Å². The second-order valence-corrected chi connectivity index (χ2v) is 9.93. The van der Waals surface area contributed by atoms with E-state index in [1.54, 1.807) is 11.0 Å². The van der Waals surface area contributed by atoms with Crippen LogP contribution in [0.3, 0.4) is 0 Å². The third-order valence-corrected chi connectivity index (χ3v) is 8.01. The Labute approximate surface area is 210 Å². The Balaban J connectivity index is 1.71. The van der Waals surface area contributed by atoms with Crippen molar-refractivity contribution in [2.45, 2.75) is 44.9 Å². The van der Waals surface area contributed by atoms with E-state index in [0.29, 0.717) is 28.5 Å². The van der Waals surface area contributed by atoms with E-state index in [2.05, 4.69) is 12.1 Å². The normalized spacial score (nSPS) is 20.5. The van der Waals surface area contributed by atoms with Crippen molar-refractivity contribution in [3.63, 3.8) is 0 Å². The molecule has 0 N–H and O–H groups in total. The first-order valence-electron chi connectivity index (χ1n) is 11.5. The number of hydrogen-bond acceptors (Lipinski definition) is 2. The summed E-state index contributed by atoms with van der Waals surface area (Å²) in [4.78, 5) is 29.3. The zero-order valence-corrected chi connectivity index (χ0v) is 20.7. The molecule has 0 spiro atoms. The number of halogens is 2. The van der Waals surface area contributed by atoms with Gasteiger partial charge in [-0.25, -0.2) is 0 Å². The molecule has 0 fully saturated rings. The lowest BCUT2D eigenvalue weighted by Crippen LogP contribution is -2.42. The summed E-state index contributed by atoms with van der Waals surface area (Å²) in [6, 6.07) is 21.5. The van der Waals surface area contributed by atoms with Crippen LogP contribution in [0, 0.1) is 13.8 Å². The molecule has 2 unspecified atom stereocenters. The maximum absolute atomic E-state index is 13.8. The predicted octanol–water partition coefficient (Wildman–Crippen LogP) is 7.53. The Kier molecular flexibility index (Phi) is 6.09. The number of ketones is 1. The number of nitrogens with zero attached hydrogens (tertiary/aromatic N) is 1. The molecule has 1 amide bonds. The van der Waals surface area contributed by atoms with Gasteiger partial charge in [-0.05, 0) is 60.6 Å². The van der Waals surface area contributed by atoms with Crippen LogP contribution < -0.4 is 4.90 Å². The lowest BCUT2D eigenvalue weighted by Gasteiger charge is -2.41. The molecule has 0 aromatic heterocycles. The van der Waals surface area contributed by atoms with Crippen molar-refractivity contribution in [3.8, 4) is 0 Å². The van der Waals surface area contributed by atoms with Gasteiger partial charge in [-0.2, -0.15) is 0 Å². The van der Waals surface area contributed by atoms with Gasteiger partial charge in [0.2, 0.25) is 5.91 Å². The Bertz CT molecular complexity index is 1330. The van der Waals surface area contributed by atoms with Gasteiger partial charge in [-0.3, -0.25) is 14.5 Å². The molecule has 34 heavy (non-hydrogen) atoms. The van der Waals surface area contributed by atoms with Gasteiger partial charge < -0.3 is 0 Å². The van der Waals surface area contributed by atoms with Crippen molar-refractivity contribution in [2.24, 2.45) is 0 Å². The number of carbonyl (C=O) groups is 2. The quantitative estimate of drug-likeness (QED) is 0.381. The number of anilines is 1. The highest BCUT2D eigenvalue weighted by molar-refractivity contribution is 6.42. The number of hydrogen-bond donors (Lipinski definition) is 0. The molecule has 0 bridgehead atoms. The number of rotatable bonds is 3. The van der Waals surface area contributed by atoms with Gasteiger partial charge in [0.1, 0.15) is 0 Å². The van der Waals surface area contributed by atoms with Crippen molar-refractivity contribution in [3.05, 3.63) is 110 Å². The Morgan fingerprint density at radius 3 is 2.32 bits per heavy atom. The van der Waals surface area contributed by atoms with Crippen LogP contribution in [-0.4, -0.2) is 11.7 Å². The molecule has 2 aliphatic rings. The summed E-state index contributed by atoms with van der Waals surface area (Å²) in [7, 11) is 0. The molecule has 3 aromatic carbocycles. The van der Waals surface area contributed by atoms with Gasteiger partial charge in [0.05, 0.1) is 15.7 Å². The molecule has 0 saturated carbocycles. The SMILES string of the molecule is Cc1cccc(N2C(=O)CC(c3cccc(Cl)c3Cl)C3=C2CC(c2ccccc2)CC3=O)c1C. The molecule has 1 aliphatic carbocycles. The maximum atomic E-state index is 13.8.